The first-order chi connectivity index (χ1) is 6.75. The summed E-state index contributed by atoms with van der Waals surface area (Å²) < 4.78 is 5.15. The second-order valence-corrected chi connectivity index (χ2v) is 2.83. The molecule has 0 spiro atoms. The summed E-state index contributed by atoms with van der Waals surface area (Å²) in [5.74, 6) is 1.25. The van der Waals surface area contributed by atoms with E-state index < -0.39 is 0 Å². The van der Waals surface area contributed by atoms with Crippen molar-refractivity contribution in [1.29, 1.82) is 0 Å². The molecule has 5 nitrogen and oxygen atoms in total. The summed E-state index contributed by atoms with van der Waals surface area (Å²) in [5, 5.41) is 8.93. The molecule has 0 saturated carbocycles. The number of carbonyl (C=O) groups excluding carboxylic acids is 1. The van der Waals surface area contributed by atoms with Crippen LogP contribution in [0.1, 0.15) is 16.3 Å². The van der Waals surface area contributed by atoms with Crippen LogP contribution in [0.5, 0.6) is 0 Å². The number of hydrogen-bond donors (Lipinski definition) is 2. The van der Waals surface area contributed by atoms with Gasteiger partial charge in [-0.2, -0.15) is 5.10 Å². The maximum atomic E-state index is 11.5. The monoisotopic (exact) mass is 191 g/mol. The fraction of sp³-hybridized carbons (Fsp3) is 0.111. The molecule has 2 heterocycles. The van der Waals surface area contributed by atoms with E-state index in [9.17, 15) is 4.79 Å². The van der Waals surface area contributed by atoms with Crippen molar-refractivity contribution in [3.05, 3.63) is 35.9 Å². The first-order valence-corrected chi connectivity index (χ1v) is 4.13. The highest BCUT2D eigenvalue weighted by Gasteiger charge is 2.09. The topological polar surface area (TPSA) is 70.9 Å². The SMILES string of the molecule is Cc1ccc(C(=O)Nc2ccn[nH]2)o1. The first kappa shape index (κ1) is 8.55. The van der Waals surface area contributed by atoms with E-state index >= 15 is 0 Å². The summed E-state index contributed by atoms with van der Waals surface area (Å²) in [5.41, 5.74) is 0. The lowest BCUT2D eigenvalue weighted by molar-refractivity contribution is 0.0995. The van der Waals surface area contributed by atoms with Crippen LogP contribution in [0.15, 0.2) is 28.8 Å². The zero-order chi connectivity index (χ0) is 9.97. The molecule has 0 bridgehead atoms. The average Bonchev–Trinajstić information content (AvgIpc) is 2.75. The van der Waals surface area contributed by atoms with Crippen LogP contribution in [0.25, 0.3) is 0 Å². The van der Waals surface area contributed by atoms with Gasteiger partial charge in [-0.3, -0.25) is 9.89 Å². The Balaban J connectivity index is 2.10. The van der Waals surface area contributed by atoms with E-state index in [1.165, 1.54) is 0 Å². The number of amides is 1. The summed E-state index contributed by atoms with van der Waals surface area (Å²) in [6.07, 6.45) is 1.56. The molecular weight excluding hydrogens is 182 g/mol. The smallest absolute Gasteiger partial charge is 0.292 e. The molecule has 0 aliphatic heterocycles. The number of H-pyrrole nitrogens is 1. The summed E-state index contributed by atoms with van der Waals surface area (Å²) in [4.78, 5) is 11.5. The van der Waals surface area contributed by atoms with Gasteiger partial charge in [0, 0.05) is 6.07 Å². The molecule has 14 heavy (non-hydrogen) atoms. The minimum absolute atomic E-state index is 0.289. The number of carbonyl (C=O) groups is 1. The van der Waals surface area contributed by atoms with E-state index in [1.807, 2.05) is 0 Å². The minimum atomic E-state index is -0.289. The van der Waals surface area contributed by atoms with Crippen LogP contribution in [0, 0.1) is 6.92 Å². The minimum Gasteiger partial charge on any atom is -0.456 e. The largest absolute Gasteiger partial charge is 0.456 e. The molecule has 2 aromatic rings. The predicted molar refractivity (Wildman–Crippen MR) is 50.0 cm³/mol. The normalized spacial score (nSPS) is 10.1. The fourth-order valence-electron chi connectivity index (χ4n) is 1.07. The molecule has 0 fully saturated rings. The van der Waals surface area contributed by atoms with Crippen LogP contribution in [0.4, 0.5) is 5.82 Å². The number of anilines is 1. The predicted octanol–water partition coefficient (Wildman–Crippen LogP) is 1.56. The summed E-state index contributed by atoms with van der Waals surface area (Å²) in [6.45, 7) is 1.78. The Bertz CT molecular complexity index is 431. The zero-order valence-corrected chi connectivity index (χ0v) is 7.57. The number of aromatic amines is 1. The Morgan fingerprint density at radius 3 is 2.93 bits per heavy atom. The number of hydrogen-bond acceptors (Lipinski definition) is 3. The maximum absolute atomic E-state index is 11.5. The van der Waals surface area contributed by atoms with Gasteiger partial charge in [0.2, 0.25) is 0 Å². The van der Waals surface area contributed by atoms with Crippen LogP contribution in [-0.2, 0) is 0 Å². The highest BCUT2D eigenvalue weighted by Crippen LogP contribution is 2.08. The fourth-order valence-corrected chi connectivity index (χ4v) is 1.07. The van der Waals surface area contributed by atoms with Gasteiger partial charge in [0.05, 0.1) is 6.20 Å². The van der Waals surface area contributed by atoms with Crippen LogP contribution in [-0.4, -0.2) is 16.1 Å². The Hall–Kier alpha value is -2.04. The van der Waals surface area contributed by atoms with Crippen molar-refractivity contribution < 1.29 is 9.21 Å². The Morgan fingerprint density at radius 1 is 1.50 bits per heavy atom. The molecular formula is C9H9N3O2. The Labute approximate surface area is 80.1 Å². The van der Waals surface area contributed by atoms with Crippen molar-refractivity contribution >= 4 is 11.7 Å². The number of aromatic nitrogens is 2. The Morgan fingerprint density at radius 2 is 2.36 bits per heavy atom. The third-order valence-corrected chi connectivity index (χ3v) is 1.71. The van der Waals surface area contributed by atoms with Gasteiger partial charge in [0.1, 0.15) is 11.6 Å². The molecule has 0 aromatic carbocycles. The van der Waals surface area contributed by atoms with Gasteiger partial charge in [-0.25, -0.2) is 0 Å². The van der Waals surface area contributed by atoms with E-state index in [0.29, 0.717) is 11.6 Å². The molecule has 72 valence electrons. The van der Waals surface area contributed by atoms with Crippen molar-refractivity contribution in [3.63, 3.8) is 0 Å². The van der Waals surface area contributed by atoms with Crippen molar-refractivity contribution in [1.82, 2.24) is 10.2 Å². The van der Waals surface area contributed by atoms with Crippen LogP contribution >= 0.6 is 0 Å². The lowest BCUT2D eigenvalue weighted by Gasteiger charge is -1.97. The molecule has 2 rings (SSSR count). The molecule has 1 amide bonds. The van der Waals surface area contributed by atoms with Gasteiger partial charge < -0.3 is 9.73 Å². The molecule has 0 atom stereocenters. The second kappa shape index (κ2) is 3.37. The number of nitrogens with one attached hydrogen (secondary N) is 2. The lowest BCUT2D eigenvalue weighted by atomic mass is 10.4. The van der Waals surface area contributed by atoms with Crippen molar-refractivity contribution in [2.24, 2.45) is 0 Å². The molecule has 0 aliphatic rings. The van der Waals surface area contributed by atoms with Crippen LogP contribution in [0.2, 0.25) is 0 Å². The average molecular weight is 191 g/mol. The number of nitrogens with zero attached hydrogens (tertiary/aromatic N) is 1. The second-order valence-electron chi connectivity index (χ2n) is 2.83. The third-order valence-electron chi connectivity index (χ3n) is 1.71. The molecule has 2 N–H and O–H groups in total. The number of furan rings is 1. The van der Waals surface area contributed by atoms with E-state index in [4.69, 9.17) is 4.42 Å². The number of rotatable bonds is 2. The first-order valence-electron chi connectivity index (χ1n) is 4.13. The molecule has 0 saturated heterocycles. The third kappa shape index (κ3) is 1.66. The maximum Gasteiger partial charge on any atom is 0.292 e. The van der Waals surface area contributed by atoms with Crippen LogP contribution in [0.3, 0.4) is 0 Å². The van der Waals surface area contributed by atoms with Gasteiger partial charge in [-0.1, -0.05) is 0 Å². The van der Waals surface area contributed by atoms with Gasteiger partial charge in [0.15, 0.2) is 5.76 Å². The molecule has 0 aliphatic carbocycles. The molecule has 2 aromatic heterocycles. The quantitative estimate of drug-likeness (QED) is 0.756. The van der Waals surface area contributed by atoms with E-state index in [-0.39, 0.29) is 11.7 Å². The van der Waals surface area contributed by atoms with Crippen molar-refractivity contribution in [3.8, 4) is 0 Å². The van der Waals surface area contributed by atoms with E-state index in [0.717, 1.165) is 0 Å². The number of aryl methyl sites for hydroxylation is 1. The highest BCUT2D eigenvalue weighted by atomic mass is 16.3. The Kier molecular flexibility index (Phi) is 2.06. The van der Waals surface area contributed by atoms with E-state index in [2.05, 4.69) is 15.5 Å². The van der Waals surface area contributed by atoms with Gasteiger partial charge in [0.25, 0.3) is 5.91 Å². The molecule has 0 radical (unpaired) electrons. The summed E-state index contributed by atoms with van der Waals surface area (Å²) in [6, 6.07) is 5.02. The van der Waals surface area contributed by atoms with Crippen molar-refractivity contribution in [2.75, 3.05) is 5.32 Å². The van der Waals surface area contributed by atoms with Crippen molar-refractivity contribution in [2.45, 2.75) is 6.92 Å². The summed E-state index contributed by atoms with van der Waals surface area (Å²) >= 11 is 0. The zero-order valence-electron chi connectivity index (χ0n) is 7.57. The molecule has 0 unspecified atom stereocenters. The summed E-state index contributed by atoms with van der Waals surface area (Å²) in [7, 11) is 0. The van der Waals surface area contributed by atoms with Gasteiger partial charge in [-0.05, 0) is 19.1 Å². The highest BCUT2D eigenvalue weighted by molar-refractivity contribution is 6.01. The standard InChI is InChI=1S/C9H9N3O2/c1-6-2-3-7(14-6)9(13)11-8-4-5-10-12-8/h2-5H,1H3,(H2,10,11,12,13). The van der Waals surface area contributed by atoms with Gasteiger partial charge >= 0.3 is 0 Å². The lowest BCUT2D eigenvalue weighted by Crippen LogP contribution is -2.10. The van der Waals surface area contributed by atoms with Crippen LogP contribution < -0.4 is 5.32 Å². The van der Waals surface area contributed by atoms with E-state index in [1.54, 1.807) is 31.3 Å². The molecule has 5 heteroatoms. The van der Waals surface area contributed by atoms with Gasteiger partial charge in [-0.15, -0.1) is 0 Å².